The molecule has 1 aliphatic carbocycles. The standard InChI is InChI=1S/C15H18N4O3S/c1-8(2)12-17-18-15(23-12)16-11(20)7-19-13(21)9-5-3-4-6-10(9)14(19)22/h3-4,8-10H,5-7H2,1-2H3,(H,16,18,20). The van der Waals surface area contributed by atoms with Crippen LogP contribution in [0.1, 0.15) is 37.6 Å². The molecule has 0 aromatic carbocycles. The number of amides is 3. The number of carbonyl (C=O) groups excluding carboxylic acids is 3. The van der Waals surface area contributed by atoms with Crippen LogP contribution in [0.2, 0.25) is 0 Å². The minimum absolute atomic E-state index is 0.232. The molecule has 1 saturated heterocycles. The van der Waals surface area contributed by atoms with E-state index in [9.17, 15) is 14.4 Å². The molecule has 23 heavy (non-hydrogen) atoms. The van der Waals surface area contributed by atoms with Crippen molar-refractivity contribution in [1.29, 1.82) is 0 Å². The average Bonchev–Trinajstić information content (AvgIpc) is 3.07. The number of imide groups is 1. The minimum Gasteiger partial charge on any atom is -0.299 e. The van der Waals surface area contributed by atoms with Crippen LogP contribution in [-0.2, 0) is 14.4 Å². The zero-order chi connectivity index (χ0) is 16.6. The lowest BCUT2D eigenvalue weighted by atomic mass is 9.85. The monoisotopic (exact) mass is 334 g/mol. The number of likely N-dealkylation sites (tertiary alicyclic amines) is 1. The van der Waals surface area contributed by atoms with Gasteiger partial charge in [-0.15, -0.1) is 10.2 Å². The summed E-state index contributed by atoms with van der Waals surface area (Å²) in [7, 11) is 0. The third kappa shape index (κ3) is 3.03. The molecule has 1 fully saturated rings. The number of fused-ring (bicyclic) bond motifs is 1. The summed E-state index contributed by atoms with van der Waals surface area (Å²) in [6, 6.07) is 0. The van der Waals surface area contributed by atoms with Gasteiger partial charge < -0.3 is 0 Å². The van der Waals surface area contributed by atoms with Gasteiger partial charge in [-0.05, 0) is 12.8 Å². The average molecular weight is 334 g/mol. The van der Waals surface area contributed by atoms with E-state index >= 15 is 0 Å². The number of hydrogen-bond acceptors (Lipinski definition) is 6. The maximum absolute atomic E-state index is 12.3. The quantitative estimate of drug-likeness (QED) is 0.666. The van der Waals surface area contributed by atoms with Crippen LogP contribution >= 0.6 is 11.3 Å². The molecule has 0 radical (unpaired) electrons. The van der Waals surface area contributed by atoms with E-state index in [1.165, 1.54) is 11.3 Å². The summed E-state index contributed by atoms with van der Waals surface area (Å²) in [5.74, 6) is -1.32. The van der Waals surface area contributed by atoms with Crippen molar-refractivity contribution in [2.24, 2.45) is 11.8 Å². The maximum atomic E-state index is 12.3. The lowest BCUT2D eigenvalue weighted by molar-refractivity contribution is -0.142. The highest BCUT2D eigenvalue weighted by Crippen LogP contribution is 2.34. The Hall–Kier alpha value is -2.09. The lowest BCUT2D eigenvalue weighted by Gasteiger charge is -2.14. The molecule has 0 spiro atoms. The molecule has 122 valence electrons. The summed E-state index contributed by atoms with van der Waals surface area (Å²) in [5, 5.41) is 11.7. The molecule has 0 saturated carbocycles. The lowest BCUT2D eigenvalue weighted by Crippen LogP contribution is -2.38. The van der Waals surface area contributed by atoms with Crippen molar-refractivity contribution in [1.82, 2.24) is 15.1 Å². The van der Waals surface area contributed by atoms with E-state index in [4.69, 9.17) is 0 Å². The second-order valence-corrected chi connectivity index (χ2v) is 7.08. The Morgan fingerprint density at radius 1 is 1.26 bits per heavy atom. The van der Waals surface area contributed by atoms with E-state index in [1.807, 2.05) is 26.0 Å². The number of hydrogen-bond donors (Lipinski definition) is 1. The highest BCUT2D eigenvalue weighted by Gasteiger charge is 2.47. The first-order valence-electron chi connectivity index (χ1n) is 7.61. The molecule has 3 rings (SSSR count). The van der Waals surface area contributed by atoms with E-state index in [-0.39, 0.29) is 36.1 Å². The molecule has 1 aromatic heterocycles. The molecule has 2 aliphatic rings. The van der Waals surface area contributed by atoms with Gasteiger partial charge in [0, 0.05) is 5.92 Å². The van der Waals surface area contributed by atoms with Crippen LogP contribution in [0.25, 0.3) is 0 Å². The first kappa shape index (κ1) is 15.8. The Balaban J connectivity index is 1.63. The molecule has 3 amide bonds. The fourth-order valence-electron chi connectivity index (χ4n) is 2.85. The number of carbonyl (C=O) groups is 3. The van der Waals surface area contributed by atoms with Crippen molar-refractivity contribution >= 4 is 34.2 Å². The van der Waals surface area contributed by atoms with Gasteiger partial charge in [0.15, 0.2) is 0 Å². The first-order chi connectivity index (χ1) is 11.0. The second-order valence-electron chi connectivity index (χ2n) is 6.07. The Labute approximate surface area is 137 Å². The number of nitrogens with one attached hydrogen (secondary N) is 1. The highest BCUT2D eigenvalue weighted by molar-refractivity contribution is 7.15. The highest BCUT2D eigenvalue weighted by atomic mass is 32.1. The van der Waals surface area contributed by atoms with Crippen molar-refractivity contribution in [3.05, 3.63) is 17.2 Å². The third-order valence-corrected chi connectivity index (χ3v) is 5.22. The van der Waals surface area contributed by atoms with Crippen LogP contribution in [0, 0.1) is 11.8 Å². The summed E-state index contributed by atoms with van der Waals surface area (Å²) < 4.78 is 0. The number of aromatic nitrogens is 2. The van der Waals surface area contributed by atoms with Gasteiger partial charge in [0.1, 0.15) is 11.6 Å². The maximum Gasteiger partial charge on any atom is 0.246 e. The third-order valence-electron chi connectivity index (χ3n) is 4.08. The zero-order valence-electron chi connectivity index (χ0n) is 13.0. The molecule has 1 aromatic rings. The summed E-state index contributed by atoms with van der Waals surface area (Å²) in [6.07, 6.45) is 4.98. The van der Waals surface area contributed by atoms with E-state index < -0.39 is 5.91 Å². The van der Waals surface area contributed by atoms with Crippen molar-refractivity contribution < 1.29 is 14.4 Å². The van der Waals surface area contributed by atoms with Crippen molar-refractivity contribution in [2.45, 2.75) is 32.6 Å². The second kappa shape index (κ2) is 6.19. The minimum atomic E-state index is -0.426. The molecule has 2 heterocycles. The predicted molar refractivity (Wildman–Crippen MR) is 84.7 cm³/mol. The van der Waals surface area contributed by atoms with Gasteiger partial charge in [-0.2, -0.15) is 0 Å². The van der Waals surface area contributed by atoms with E-state index in [1.54, 1.807) is 0 Å². The van der Waals surface area contributed by atoms with Gasteiger partial charge in [-0.1, -0.05) is 37.3 Å². The van der Waals surface area contributed by atoms with Gasteiger partial charge in [0.05, 0.1) is 11.8 Å². The topological polar surface area (TPSA) is 92.3 Å². The van der Waals surface area contributed by atoms with Crippen LogP contribution in [0.3, 0.4) is 0 Å². The van der Waals surface area contributed by atoms with Crippen LogP contribution < -0.4 is 5.32 Å². The first-order valence-corrected chi connectivity index (χ1v) is 8.42. The van der Waals surface area contributed by atoms with E-state index in [0.717, 1.165) is 9.91 Å². The normalized spacial score (nSPS) is 23.5. The summed E-state index contributed by atoms with van der Waals surface area (Å²) in [5.41, 5.74) is 0. The molecule has 1 N–H and O–H groups in total. The number of anilines is 1. The van der Waals surface area contributed by atoms with Crippen molar-refractivity contribution in [2.75, 3.05) is 11.9 Å². The fraction of sp³-hybridized carbons (Fsp3) is 0.533. The predicted octanol–water partition coefficient (Wildman–Crippen LogP) is 1.55. The largest absolute Gasteiger partial charge is 0.299 e. The van der Waals surface area contributed by atoms with Crippen molar-refractivity contribution in [3.63, 3.8) is 0 Å². The van der Waals surface area contributed by atoms with Crippen LogP contribution in [-0.4, -0.2) is 39.4 Å². The van der Waals surface area contributed by atoms with Crippen molar-refractivity contribution in [3.8, 4) is 0 Å². The summed E-state index contributed by atoms with van der Waals surface area (Å²) in [4.78, 5) is 37.8. The van der Waals surface area contributed by atoms with Gasteiger partial charge in [0.25, 0.3) is 0 Å². The Kier molecular flexibility index (Phi) is 4.25. The summed E-state index contributed by atoms with van der Waals surface area (Å²) >= 11 is 1.30. The Morgan fingerprint density at radius 3 is 2.39 bits per heavy atom. The molecule has 8 heteroatoms. The molecule has 0 bridgehead atoms. The molecule has 7 nitrogen and oxygen atoms in total. The smallest absolute Gasteiger partial charge is 0.246 e. The Morgan fingerprint density at radius 2 is 1.87 bits per heavy atom. The molecule has 2 atom stereocenters. The number of rotatable bonds is 4. The summed E-state index contributed by atoms with van der Waals surface area (Å²) in [6.45, 7) is 3.72. The molecular formula is C15H18N4O3S. The molecule has 1 aliphatic heterocycles. The van der Waals surface area contributed by atoms with Gasteiger partial charge in [0.2, 0.25) is 22.9 Å². The zero-order valence-corrected chi connectivity index (χ0v) is 13.8. The number of allylic oxidation sites excluding steroid dienone is 2. The van der Waals surface area contributed by atoms with Gasteiger partial charge >= 0.3 is 0 Å². The van der Waals surface area contributed by atoms with Gasteiger partial charge in [-0.25, -0.2) is 0 Å². The van der Waals surface area contributed by atoms with E-state index in [0.29, 0.717) is 18.0 Å². The van der Waals surface area contributed by atoms with Crippen LogP contribution in [0.15, 0.2) is 12.2 Å². The molecule has 2 unspecified atom stereocenters. The molecular weight excluding hydrogens is 316 g/mol. The Bertz CT molecular complexity index is 656. The number of nitrogens with zero attached hydrogens (tertiary/aromatic N) is 3. The van der Waals surface area contributed by atoms with E-state index in [2.05, 4.69) is 15.5 Å². The fourth-order valence-corrected chi connectivity index (χ4v) is 3.61. The van der Waals surface area contributed by atoms with Crippen LogP contribution in [0.5, 0.6) is 0 Å². The van der Waals surface area contributed by atoms with Gasteiger partial charge in [-0.3, -0.25) is 24.6 Å². The SMILES string of the molecule is CC(C)c1nnc(NC(=O)CN2C(=O)C3CC=CCC3C2=O)s1. The van der Waals surface area contributed by atoms with Crippen LogP contribution in [0.4, 0.5) is 5.13 Å².